The number of aliphatic imine (C=N–C) groups is 1. The van der Waals surface area contributed by atoms with Gasteiger partial charge in [-0.15, -0.1) is 0 Å². The van der Waals surface area contributed by atoms with Crippen LogP contribution in [-0.2, 0) is 16.1 Å². The lowest BCUT2D eigenvalue weighted by Crippen LogP contribution is -2.46. The van der Waals surface area contributed by atoms with Gasteiger partial charge in [-0.1, -0.05) is 96.0 Å². The van der Waals surface area contributed by atoms with E-state index in [1.54, 1.807) is 23.1 Å². The van der Waals surface area contributed by atoms with Gasteiger partial charge in [0.05, 0.1) is 21.4 Å². The van der Waals surface area contributed by atoms with Gasteiger partial charge in [-0.3, -0.25) is 15.0 Å². The molecule has 4 aromatic rings. The number of carbonyl (C=O) groups excluding carboxylic acids is 2. The van der Waals surface area contributed by atoms with Gasteiger partial charge in [0, 0.05) is 16.8 Å². The summed E-state index contributed by atoms with van der Waals surface area (Å²) in [5.41, 5.74) is 3.90. The molecule has 37 heavy (non-hydrogen) atoms. The first kappa shape index (κ1) is 24.6. The third-order valence-electron chi connectivity index (χ3n) is 5.79. The molecule has 0 saturated carbocycles. The van der Waals surface area contributed by atoms with Gasteiger partial charge in [0.2, 0.25) is 6.17 Å². The van der Waals surface area contributed by atoms with Crippen LogP contribution >= 0.6 is 23.2 Å². The van der Waals surface area contributed by atoms with Crippen LogP contribution in [0, 0.1) is 0 Å². The van der Waals surface area contributed by atoms with E-state index in [1.807, 2.05) is 84.9 Å². The van der Waals surface area contributed by atoms with Crippen molar-refractivity contribution in [2.24, 2.45) is 4.99 Å². The molecule has 0 saturated heterocycles. The van der Waals surface area contributed by atoms with Crippen molar-refractivity contribution in [3.63, 3.8) is 0 Å². The molecular formula is C29H21Cl2N3O3. The van der Waals surface area contributed by atoms with Crippen molar-refractivity contribution in [1.29, 1.82) is 0 Å². The van der Waals surface area contributed by atoms with Gasteiger partial charge >= 0.3 is 6.09 Å². The summed E-state index contributed by atoms with van der Waals surface area (Å²) in [7, 11) is 0. The maximum Gasteiger partial charge on any atom is 0.409 e. The van der Waals surface area contributed by atoms with E-state index in [1.165, 1.54) is 0 Å². The Morgan fingerprint density at radius 1 is 0.865 bits per heavy atom. The Labute approximate surface area is 224 Å². The Kier molecular flexibility index (Phi) is 7.21. The van der Waals surface area contributed by atoms with Crippen LogP contribution in [0.2, 0.25) is 10.0 Å². The van der Waals surface area contributed by atoms with Gasteiger partial charge in [0.25, 0.3) is 5.91 Å². The van der Waals surface area contributed by atoms with E-state index in [2.05, 4.69) is 5.32 Å². The molecule has 0 aliphatic carbocycles. The van der Waals surface area contributed by atoms with Crippen LogP contribution in [0.1, 0.15) is 16.7 Å². The molecule has 1 unspecified atom stereocenters. The maximum absolute atomic E-state index is 13.9. The fourth-order valence-electron chi connectivity index (χ4n) is 4.05. The van der Waals surface area contributed by atoms with Gasteiger partial charge in [-0.2, -0.15) is 0 Å². The Morgan fingerprint density at radius 3 is 2.27 bits per heavy atom. The quantitative estimate of drug-likeness (QED) is 0.310. The number of fused-ring (bicyclic) bond motifs is 1. The predicted molar refractivity (Wildman–Crippen MR) is 146 cm³/mol. The molecule has 1 heterocycles. The molecular weight excluding hydrogens is 509 g/mol. The van der Waals surface area contributed by atoms with Gasteiger partial charge in [0.15, 0.2) is 0 Å². The minimum Gasteiger partial charge on any atom is -0.445 e. The lowest BCUT2D eigenvalue weighted by Gasteiger charge is -2.25. The molecule has 1 N–H and O–H groups in total. The lowest BCUT2D eigenvalue weighted by atomic mass is 10.00. The highest BCUT2D eigenvalue weighted by molar-refractivity contribution is 6.42. The minimum absolute atomic E-state index is 0.0551. The number of halogens is 2. The molecule has 184 valence electrons. The molecule has 0 spiro atoms. The molecule has 1 aliphatic rings. The number of nitrogens with zero attached hydrogens (tertiary/aromatic N) is 2. The van der Waals surface area contributed by atoms with Crippen LogP contribution in [0.3, 0.4) is 0 Å². The van der Waals surface area contributed by atoms with E-state index in [0.29, 0.717) is 38.3 Å². The first-order chi connectivity index (χ1) is 18.0. The molecule has 6 nitrogen and oxygen atoms in total. The van der Waals surface area contributed by atoms with Gasteiger partial charge < -0.3 is 4.74 Å². The zero-order valence-corrected chi connectivity index (χ0v) is 21.0. The smallest absolute Gasteiger partial charge is 0.409 e. The lowest BCUT2D eigenvalue weighted by molar-refractivity contribution is -0.119. The number of ether oxygens (including phenoxy) is 1. The third kappa shape index (κ3) is 5.35. The largest absolute Gasteiger partial charge is 0.445 e. The summed E-state index contributed by atoms with van der Waals surface area (Å²) < 4.78 is 5.39. The van der Waals surface area contributed by atoms with Crippen molar-refractivity contribution in [1.82, 2.24) is 5.32 Å². The van der Waals surface area contributed by atoms with Crippen molar-refractivity contribution >= 4 is 52.3 Å². The summed E-state index contributed by atoms with van der Waals surface area (Å²) in [6.07, 6.45) is -2.03. The number of para-hydroxylation sites is 2. The first-order valence-electron chi connectivity index (χ1n) is 11.5. The van der Waals surface area contributed by atoms with E-state index in [4.69, 9.17) is 32.9 Å². The fourth-order valence-corrected chi connectivity index (χ4v) is 4.35. The zero-order valence-electron chi connectivity index (χ0n) is 19.5. The highest BCUT2D eigenvalue weighted by Gasteiger charge is 2.34. The number of rotatable bonds is 5. The molecule has 2 amide bonds. The summed E-state index contributed by atoms with van der Waals surface area (Å²) in [6.45, 7) is 0.0551. The highest BCUT2D eigenvalue weighted by Crippen LogP contribution is 2.34. The van der Waals surface area contributed by atoms with Crippen molar-refractivity contribution in [2.45, 2.75) is 12.8 Å². The minimum atomic E-state index is -1.26. The summed E-state index contributed by atoms with van der Waals surface area (Å²) in [6, 6.07) is 31.0. The predicted octanol–water partition coefficient (Wildman–Crippen LogP) is 6.76. The second-order valence-electron chi connectivity index (χ2n) is 8.24. The number of anilines is 2. The monoisotopic (exact) mass is 529 g/mol. The maximum atomic E-state index is 13.9. The number of benzene rings is 4. The normalized spacial score (nSPS) is 14.9. The van der Waals surface area contributed by atoms with Crippen molar-refractivity contribution in [3.8, 4) is 0 Å². The molecule has 0 fully saturated rings. The van der Waals surface area contributed by atoms with Gasteiger partial charge in [-0.25, -0.2) is 9.79 Å². The average molecular weight is 530 g/mol. The summed E-state index contributed by atoms with van der Waals surface area (Å²) in [5, 5.41) is 3.39. The van der Waals surface area contributed by atoms with Crippen molar-refractivity contribution in [2.75, 3.05) is 4.90 Å². The van der Waals surface area contributed by atoms with E-state index < -0.39 is 18.2 Å². The fraction of sp³-hybridized carbons (Fsp3) is 0.0690. The summed E-state index contributed by atoms with van der Waals surface area (Å²) in [5.74, 6) is -0.439. The third-order valence-corrected chi connectivity index (χ3v) is 6.53. The number of nitrogens with one attached hydrogen (secondary N) is 1. The van der Waals surface area contributed by atoms with Gasteiger partial charge in [0.1, 0.15) is 6.61 Å². The molecule has 0 bridgehead atoms. The molecule has 4 aromatic carbocycles. The zero-order chi connectivity index (χ0) is 25.8. The molecule has 1 aliphatic heterocycles. The molecule has 8 heteroatoms. The van der Waals surface area contributed by atoms with Crippen LogP contribution in [0.5, 0.6) is 0 Å². The van der Waals surface area contributed by atoms with Crippen LogP contribution in [0.15, 0.2) is 108 Å². The van der Waals surface area contributed by atoms with E-state index in [0.717, 1.165) is 5.56 Å². The van der Waals surface area contributed by atoms with Crippen molar-refractivity contribution in [3.05, 3.63) is 130 Å². The topological polar surface area (TPSA) is 71.0 Å². The van der Waals surface area contributed by atoms with E-state index in [9.17, 15) is 9.59 Å². The van der Waals surface area contributed by atoms with Crippen LogP contribution in [0.4, 0.5) is 16.2 Å². The number of hydrogen-bond acceptors (Lipinski definition) is 4. The van der Waals surface area contributed by atoms with Gasteiger partial charge in [-0.05, 0) is 35.9 Å². The number of amides is 2. The van der Waals surface area contributed by atoms with Crippen LogP contribution in [-0.4, -0.2) is 23.9 Å². The Morgan fingerprint density at radius 2 is 1.54 bits per heavy atom. The Hall–Kier alpha value is -4.13. The first-order valence-corrected chi connectivity index (χ1v) is 12.3. The Balaban J connectivity index is 1.57. The van der Waals surface area contributed by atoms with E-state index in [-0.39, 0.29) is 6.61 Å². The van der Waals surface area contributed by atoms with Crippen LogP contribution < -0.4 is 10.2 Å². The van der Waals surface area contributed by atoms with Crippen LogP contribution in [0.25, 0.3) is 0 Å². The van der Waals surface area contributed by atoms with Crippen molar-refractivity contribution < 1.29 is 14.3 Å². The second kappa shape index (κ2) is 10.9. The Bertz CT molecular complexity index is 1480. The second-order valence-corrected chi connectivity index (χ2v) is 9.06. The molecule has 0 radical (unpaired) electrons. The molecule has 1 atom stereocenters. The number of alkyl carbamates (subject to hydrolysis) is 1. The summed E-state index contributed by atoms with van der Waals surface area (Å²) >= 11 is 12.5. The average Bonchev–Trinajstić information content (AvgIpc) is 3.04. The number of carbonyl (C=O) groups is 2. The molecule has 0 aromatic heterocycles. The van der Waals surface area contributed by atoms with E-state index >= 15 is 0 Å². The summed E-state index contributed by atoms with van der Waals surface area (Å²) in [4.78, 5) is 33.0. The number of hydrogen-bond donors (Lipinski definition) is 1. The number of benzodiazepines with no additional fused rings is 1. The standard InChI is InChI=1S/C29H21Cl2N3O3/c30-23-16-15-20(17-24(23)31)26-22-13-7-8-14-25(22)34(21-11-5-2-6-12-21)28(35)27(32-26)33-29(36)37-18-19-9-3-1-4-10-19/h1-17,27H,18H2,(H,33,36). The highest BCUT2D eigenvalue weighted by atomic mass is 35.5. The molecule has 5 rings (SSSR count). The SMILES string of the molecule is O=C(NC1N=C(c2ccc(Cl)c(Cl)c2)c2ccccc2N(c2ccccc2)C1=O)OCc1ccccc1.